The Kier molecular flexibility index (Phi) is 4.15. The molecule has 0 atom stereocenters. The molecule has 6 aromatic rings. The zero-order valence-electron chi connectivity index (χ0n) is 19.0. The molecule has 0 aliphatic heterocycles. The number of pyridine rings is 1. The van der Waals surface area contributed by atoms with Gasteiger partial charge in [0.15, 0.2) is 0 Å². The van der Waals surface area contributed by atoms with E-state index in [0.717, 1.165) is 49.5 Å². The van der Waals surface area contributed by atoms with E-state index in [9.17, 15) is 4.79 Å². The summed E-state index contributed by atoms with van der Waals surface area (Å²) in [6.07, 6.45) is 1.96. The van der Waals surface area contributed by atoms with Crippen LogP contribution in [0.4, 0.5) is 0 Å². The van der Waals surface area contributed by atoms with Gasteiger partial charge in [0.25, 0.3) is 0 Å². The van der Waals surface area contributed by atoms with E-state index in [1.54, 1.807) is 7.11 Å². The second-order valence-corrected chi connectivity index (χ2v) is 8.73. The molecule has 0 radical (unpaired) electrons. The van der Waals surface area contributed by atoms with Crippen molar-refractivity contribution in [3.63, 3.8) is 0 Å². The smallest absolute Gasteiger partial charge is 0.361 e. The van der Waals surface area contributed by atoms with Crippen LogP contribution in [0.3, 0.4) is 0 Å². The number of fused-ring (bicyclic) bond motifs is 7. The molecular weight excluding hydrogens is 410 g/mol. The van der Waals surface area contributed by atoms with Crippen LogP contribution in [0.25, 0.3) is 49.3 Å². The molecule has 0 saturated heterocycles. The van der Waals surface area contributed by atoms with Gasteiger partial charge in [-0.3, -0.25) is 0 Å². The van der Waals surface area contributed by atoms with E-state index in [2.05, 4.69) is 44.2 Å². The van der Waals surface area contributed by atoms with E-state index in [1.807, 2.05) is 47.9 Å². The molecule has 4 heteroatoms. The van der Waals surface area contributed by atoms with Crippen molar-refractivity contribution in [3.05, 3.63) is 94.0 Å². The molecule has 0 N–H and O–H groups in total. The summed E-state index contributed by atoms with van der Waals surface area (Å²) in [6, 6.07) is 20.5. The van der Waals surface area contributed by atoms with E-state index < -0.39 is 0 Å². The first-order valence-electron chi connectivity index (χ1n) is 11.0. The molecule has 162 valence electrons. The van der Waals surface area contributed by atoms with Crippen molar-refractivity contribution < 1.29 is 9.15 Å². The lowest BCUT2D eigenvalue weighted by Gasteiger charge is -2.11. The van der Waals surface area contributed by atoms with Gasteiger partial charge in [0, 0.05) is 27.9 Å². The van der Waals surface area contributed by atoms with Crippen molar-refractivity contribution in [2.75, 3.05) is 7.11 Å². The predicted molar refractivity (Wildman–Crippen MR) is 135 cm³/mol. The molecule has 33 heavy (non-hydrogen) atoms. The number of benzene rings is 3. The normalized spacial score (nSPS) is 11.8. The molecule has 3 aromatic heterocycles. The van der Waals surface area contributed by atoms with Gasteiger partial charge in [-0.05, 0) is 72.7 Å². The van der Waals surface area contributed by atoms with Crippen LogP contribution < -0.4 is 10.4 Å². The third-order valence-electron chi connectivity index (χ3n) is 6.78. The van der Waals surface area contributed by atoms with Gasteiger partial charge in [0.2, 0.25) is 0 Å². The maximum Gasteiger partial charge on any atom is 0.361 e. The second kappa shape index (κ2) is 6.97. The molecule has 4 nitrogen and oxygen atoms in total. The van der Waals surface area contributed by atoms with Crippen LogP contribution in [0.2, 0.25) is 0 Å². The number of aryl methyl sites for hydroxylation is 3. The number of rotatable bonds is 2. The highest BCUT2D eigenvalue weighted by Crippen LogP contribution is 2.42. The Balaban J connectivity index is 1.94. The molecular formula is C29H23NO3. The van der Waals surface area contributed by atoms with Crippen LogP contribution in [0.5, 0.6) is 5.75 Å². The Hall–Kier alpha value is -4.05. The lowest BCUT2D eigenvalue weighted by atomic mass is 9.95. The number of aromatic nitrogens is 1. The summed E-state index contributed by atoms with van der Waals surface area (Å²) in [4.78, 5) is 13.3. The van der Waals surface area contributed by atoms with Gasteiger partial charge in [-0.25, -0.2) is 4.79 Å². The zero-order chi connectivity index (χ0) is 22.9. The predicted octanol–water partition coefficient (Wildman–Crippen LogP) is 6.95. The lowest BCUT2D eigenvalue weighted by molar-refractivity contribution is 0.412. The molecule has 0 aliphatic carbocycles. The maximum atomic E-state index is 13.3. The maximum absolute atomic E-state index is 13.3. The Bertz CT molecular complexity index is 1800. The lowest BCUT2D eigenvalue weighted by Crippen LogP contribution is -2.02. The van der Waals surface area contributed by atoms with Crippen LogP contribution in [0.15, 0.2) is 76.1 Å². The van der Waals surface area contributed by atoms with Gasteiger partial charge in [0.05, 0.1) is 12.6 Å². The minimum atomic E-state index is -0.335. The average Bonchev–Trinajstić information content (AvgIpc) is 3.17. The summed E-state index contributed by atoms with van der Waals surface area (Å²) in [5.41, 5.74) is 7.46. The van der Waals surface area contributed by atoms with Gasteiger partial charge >= 0.3 is 5.63 Å². The second-order valence-electron chi connectivity index (χ2n) is 8.73. The number of para-hydroxylation sites is 1. The first kappa shape index (κ1) is 19.6. The molecule has 0 saturated carbocycles. The summed E-state index contributed by atoms with van der Waals surface area (Å²) in [7, 11) is 1.69. The summed E-state index contributed by atoms with van der Waals surface area (Å²) in [5.74, 6) is 0.848. The standard InChI is InChI=1S/C29H23NO3/c1-16-9-10-20(13-17(16)2)25-26-21-7-5-6-8-23(21)33-29(31)28(26)30-12-11-19-15-24(32-4)18(3)14-22(19)27(25)30/h5-15H,1-4H3. The number of ether oxygens (including phenoxy) is 1. The fraction of sp³-hybridized carbons (Fsp3) is 0.138. The van der Waals surface area contributed by atoms with Crippen molar-refractivity contribution in [2.45, 2.75) is 20.8 Å². The third kappa shape index (κ3) is 2.74. The van der Waals surface area contributed by atoms with Crippen LogP contribution in [-0.2, 0) is 0 Å². The minimum Gasteiger partial charge on any atom is -0.496 e. The van der Waals surface area contributed by atoms with Crippen molar-refractivity contribution in [3.8, 4) is 16.9 Å². The monoisotopic (exact) mass is 433 g/mol. The highest BCUT2D eigenvalue weighted by atomic mass is 16.5. The van der Waals surface area contributed by atoms with Crippen LogP contribution in [-0.4, -0.2) is 11.5 Å². The largest absolute Gasteiger partial charge is 0.496 e. The molecule has 3 heterocycles. The van der Waals surface area contributed by atoms with E-state index >= 15 is 0 Å². The Morgan fingerprint density at radius 1 is 0.818 bits per heavy atom. The molecule has 0 fully saturated rings. The van der Waals surface area contributed by atoms with E-state index in [0.29, 0.717) is 11.1 Å². The number of hydrogen-bond acceptors (Lipinski definition) is 3. The van der Waals surface area contributed by atoms with Gasteiger partial charge < -0.3 is 13.6 Å². The minimum absolute atomic E-state index is 0.335. The molecule has 0 unspecified atom stereocenters. The summed E-state index contributed by atoms with van der Waals surface area (Å²) in [5, 5.41) is 3.99. The first-order valence-corrected chi connectivity index (χ1v) is 11.0. The quantitative estimate of drug-likeness (QED) is 0.277. The van der Waals surface area contributed by atoms with Crippen LogP contribution >= 0.6 is 0 Å². The van der Waals surface area contributed by atoms with Gasteiger partial charge in [-0.15, -0.1) is 0 Å². The van der Waals surface area contributed by atoms with E-state index in [4.69, 9.17) is 9.15 Å². The summed E-state index contributed by atoms with van der Waals surface area (Å²) < 4.78 is 13.3. The van der Waals surface area contributed by atoms with Crippen molar-refractivity contribution >= 4 is 38.2 Å². The first-order chi connectivity index (χ1) is 16.0. The molecule has 0 bridgehead atoms. The van der Waals surface area contributed by atoms with Crippen molar-refractivity contribution in [1.82, 2.24) is 4.40 Å². The van der Waals surface area contributed by atoms with E-state index in [-0.39, 0.29) is 5.63 Å². The van der Waals surface area contributed by atoms with Crippen LogP contribution in [0, 0.1) is 20.8 Å². The Morgan fingerprint density at radius 3 is 2.42 bits per heavy atom. The molecule has 0 spiro atoms. The molecule has 3 aromatic carbocycles. The Labute approximate surface area is 190 Å². The van der Waals surface area contributed by atoms with Gasteiger partial charge in [-0.2, -0.15) is 0 Å². The highest BCUT2D eigenvalue weighted by molar-refractivity contribution is 6.21. The number of methoxy groups -OCH3 is 1. The third-order valence-corrected chi connectivity index (χ3v) is 6.78. The fourth-order valence-corrected chi connectivity index (χ4v) is 4.98. The van der Waals surface area contributed by atoms with Gasteiger partial charge in [-0.1, -0.05) is 36.4 Å². The molecule has 0 aliphatic rings. The topological polar surface area (TPSA) is 43.9 Å². The number of hydrogen-bond donors (Lipinski definition) is 0. The zero-order valence-corrected chi connectivity index (χ0v) is 19.0. The molecule has 0 amide bonds. The van der Waals surface area contributed by atoms with Crippen molar-refractivity contribution in [2.24, 2.45) is 0 Å². The van der Waals surface area contributed by atoms with Gasteiger partial charge in [0.1, 0.15) is 16.8 Å². The fourth-order valence-electron chi connectivity index (χ4n) is 4.98. The highest BCUT2D eigenvalue weighted by Gasteiger charge is 2.22. The summed E-state index contributed by atoms with van der Waals surface area (Å²) >= 11 is 0. The van der Waals surface area contributed by atoms with Crippen molar-refractivity contribution in [1.29, 1.82) is 0 Å². The molecule has 6 rings (SSSR count). The average molecular weight is 434 g/mol. The summed E-state index contributed by atoms with van der Waals surface area (Å²) in [6.45, 7) is 6.28. The number of nitrogens with zero attached hydrogens (tertiary/aromatic N) is 1. The van der Waals surface area contributed by atoms with Crippen LogP contribution in [0.1, 0.15) is 16.7 Å². The van der Waals surface area contributed by atoms with E-state index in [1.165, 1.54) is 11.1 Å². The SMILES string of the molecule is COc1cc2ccn3c(c(-c4ccc(C)c(C)c4)c4c5ccccc5oc(=O)c43)c2cc1C. The Morgan fingerprint density at radius 2 is 1.64 bits per heavy atom.